The number of nitrogens with zero attached hydrogens (tertiary/aromatic N) is 6. The van der Waals surface area contributed by atoms with E-state index in [1.54, 1.807) is 7.11 Å². The summed E-state index contributed by atoms with van der Waals surface area (Å²) in [6, 6.07) is 6.53. The van der Waals surface area contributed by atoms with Crippen LogP contribution < -0.4 is 0 Å². The van der Waals surface area contributed by atoms with Crippen LogP contribution in [0.3, 0.4) is 0 Å². The Balaban J connectivity index is 1.48. The Kier molecular flexibility index (Phi) is 3.57. The number of fused-ring (bicyclic) bond motifs is 2. The van der Waals surface area contributed by atoms with Crippen LogP contribution >= 0.6 is 0 Å². The van der Waals surface area contributed by atoms with Crippen LogP contribution in [0.2, 0.25) is 0 Å². The quantitative estimate of drug-likeness (QED) is 0.726. The van der Waals surface area contributed by atoms with E-state index in [-0.39, 0.29) is 12.1 Å². The number of pyridine rings is 1. The summed E-state index contributed by atoms with van der Waals surface area (Å²) in [7, 11) is 1.80. The van der Waals surface area contributed by atoms with Gasteiger partial charge >= 0.3 is 0 Å². The van der Waals surface area contributed by atoms with Crippen LogP contribution in [0, 0.1) is 0 Å². The smallest absolute Gasteiger partial charge is 0.150 e. The molecule has 2 atom stereocenters. The third-order valence-electron chi connectivity index (χ3n) is 5.51. The van der Waals surface area contributed by atoms with Gasteiger partial charge in [-0.1, -0.05) is 6.07 Å². The highest BCUT2D eigenvalue weighted by molar-refractivity contribution is 5.39. The van der Waals surface area contributed by atoms with Crippen molar-refractivity contribution in [3.8, 4) is 0 Å². The van der Waals surface area contributed by atoms with Gasteiger partial charge in [-0.25, -0.2) is 4.98 Å². The molecule has 0 amide bonds. The fourth-order valence-electron chi connectivity index (χ4n) is 4.24. The summed E-state index contributed by atoms with van der Waals surface area (Å²) in [4.78, 5) is 6.87. The molecule has 0 bridgehead atoms. The lowest BCUT2D eigenvalue weighted by atomic mass is 10.2. The zero-order chi connectivity index (χ0) is 16.8. The molecule has 5 rings (SSSR count). The van der Waals surface area contributed by atoms with Crippen LogP contribution in [0.4, 0.5) is 0 Å². The molecule has 0 saturated carbocycles. The Hall–Kier alpha value is -2.25. The molecule has 0 aromatic carbocycles. The maximum absolute atomic E-state index is 5.68. The van der Waals surface area contributed by atoms with Crippen molar-refractivity contribution in [1.82, 2.24) is 29.0 Å². The number of ether oxygens (including phenoxy) is 1. The van der Waals surface area contributed by atoms with Crippen molar-refractivity contribution in [2.75, 3.05) is 13.7 Å². The van der Waals surface area contributed by atoms with Crippen LogP contribution in [-0.4, -0.2) is 48.8 Å². The van der Waals surface area contributed by atoms with E-state index in [9.17, 15) is 0 Å². The topological polar surface area (TPSA) is 60.5 Å². The maximum Gasteiger partial charge on any atom is 0.150 e. The van der Waals surface area contributed by atoms with Crippen molar-refractivity contribution in [1.29, 1.82) is 0 Å². The normalized spacial score (nSPS) is 23.6. The molecular weight excluding hydrogens is 316 g/mol. The second-order valence-electron chi connectivity index (χ2n) is 6.94. The molecule has 5 heterocycles. The molecule has 1 saturated heterocycles. The molecule has 0 spiro atoms. The van der Waals surface area contributed by atoms with Crippen molar-refractivity contribution >= 4 is 5.65 Å². The Bertz CT molecular complexity index is 900. The molecule has 1 fully saturated rings. The third-order valence-corrected chi connectivity index (χ3v) is 5.51. The molecule has 2 aliphatic rings. The molecule has 3 aromatic heterocycles. The number of methoxy groups -OCH3 is 1. The van der Waals surface area contributed by atoms with Gasteiger partial charge in [0.25, 0.3) is 0 Å². The van der Waals surface area contributed by atoms with E-state index in [0.29, 0.717) is 0 Å². The predicted molar refractivity (Wildman–Crippen MR) is 92.1 cm³/mol. The van der Waals surface area contributed by atoms with Gasteiger partial charge in [-0.05, 0) is 25.0 Å². The Morgan fingerprint density at radius 2 is 2.24 bits per heavy atom. The Morgan fingerprint density at radius 1 is 1.28 bits per heavy atom. The van der Waals surface area contributed by atoms with Crippen LogP contribution in [0.15, 0.2) is 30.6 Å². The molecule has 7 heteroatoms. The van der Waals surface area contributed by atoms with Gasteiger partial charge in [0.05, 0.1) is 12.1 Å². The molecule has 0 aliphatic carbocycles. The van der Waals surface area contributed by atoms with Gasteiger partial charge in [0.2, 0.25) is 0 Å². The summed E-state index contributed by atoms with van der Waals surface area (Å²) >= 11 is 0. The second kappa shape index (κ2) is 5.93. The number of likely N-dealkylation sites (tertiary alicyclic amines) is 1. The second-order valence-corrected chi connectivity index (χ2v) is 6.94. The summed E-state index contributed by atoms with van der Waals surface area (Å²) in [5.41, 5.74) is 2.22. The van der Waals surface area contributed by atoms with Gasteiger partial charge in [0.15, 0.2) is 5.82 Å². The highest BCUT2D eigenvalue weighted by Gasteiger charge is 2.37. The van der Waals surface area contributed by atoms with Crippen LogP contribution in [0.25, 0.3) is 5.65 Å². The first kappa shape index (κ1) is 15.0. The number of aryl methyl sites for hydroxylation is 1. The summed E-state index contributed by atoms with van der Waals surface area (Å²) in [6.45, 7) is 2.80. The van der Waals surface area contributed by atoms with Gasteiger partial charge in [0, 0.05) is 51.3 Å². The molecule has 3 aromatic rings. The van der Waals surface area contributed by atoms with E-state index < -0.39 is 0 Å². The van der Waals surface area contributed by atoms with Gasteiger partial charge < -0.3 is 13.7 Å². The summed E-state index contributed by atoms with van der Waals surface area (Å²) in [5, 5.41) is 8.93. The number of hydrogen-bond donors (Lipinski definition) is 0. The molecule has 7 nitrogen and oxygen atoms in total. The maximum atomic E-state index is 5.68. The van der Waals surface area contributed by atoms with Crippen LogP contribution in [-0.2, 0) is 24.2 Å². The first-order valence-electron chi connectivity index (χ1n) is 8.93. The molecule has 25 heavy (non-hydrogen) atoms. The number of hydrogen-bond acceptors (Lipinski definition) is 5. The molecule has 2 aliphatic heterocycles. The zero-order valence-electron chi connectivity index (χ0n) is 14.4. The molecule has 0 N–H and O–H groups in total. The lowest BCUT2D eigenvalue weighted by molar-refractivity contribution is 0.107. The molecule has 0 radical (unpaired) electrons. The monoisotopic (exact) mass is 338 g/mol. The highest BCUT2D eigenvalue weighted by atomic mass is 16.5. The minimum absolute atomic E-state index is 0.237. The minimum Gasteiger partial charge on any atom is -0.380 e. The van der Waals surface area contributed by atoms with Gasteiger partial charge in [0.1, 0.15) is 11.5 Å². The van der Waals surface area contributed by atoms with Gasteiger partial charge in [-0.2, -0.15) is 0 Å². The average Bonchev–Trinajstić information content (AvgIpc) is 3.38. The molecule has 0 unspecified atom stereocenters. The fraction of sp³-hybridized carbons (Fsp3) is 0.500. The van der Waals surface area contributed by atoms with E-state index in [2.05, 4.69) is 41.2 Å². The first-order chi connectivity index (χ1) is 12.3. The first-order valence-corrected chi connectivity index (χ1v) is 8.93. The third kappa shape index (κ3) is 2.46. The lowest BCUT2D eigenvalue weighted by Crippen LogP contribution is -2.27. The van der Waals surface area contributed by atoms with Crippen molar-refractivity contribution < 1.29 is 4.74 Å². The zero-order valence-corrected chi connectivity index (χ0v) is 14.4. The van der Waals surface area contributed by atoms with E-state index in [0.717, 1.165) is 49.8 Å². The summed E-state index contributed by atoms with van der Waals surface area (Å²) in [5.74, 6) is 2.23. The molecular formula is C18H22N6O. The Labute approximate surface area is 146 Å². The van der Waals surface area contributed by atoms with Crippen molar-refractivity contribution in [3.05, 3.63) is 47.9 Å². The van der Waals surface area contributed by atoms with Gasteiger partial charge in [-0.15, -0.1) is 10.2 Å². The minimum atomic E-state index is 0.237. The highest BCUT2D eigenvalue weighted by Crippen LogP contribution is 2.35. The average molecular weight is 338 g/mol. The van der Waals surface area contributed by atoms with Crippen LogP contribution in [0.5, 0.6) is 0 Å². The van der Waals surface area contributed by atoms with Crippen molar-refractivity contribution in [3.63, 3.8) is 0 Å². The SMILES string of the molecule is CO[C@@H]1C[C@@H](c2nnc3n2CCC3)N(Cc2cccc3nccn23)C1. The summed E-state index contributed by atoms with van der Waals surface area (Å²) in [6.07, 6.45) is 7.30. The summed E-state index contributed by atoms with van der Waals surface area (Å²) < 4.78 is 10.2. The Morgan fingerprint density at radius 3 is 3.16 bits per heavy atom. The largest absolute Gasteiger partial charge is 0.380 e. The lowest BCUT2D eigenvalue weighted by Gasteiger charge is -2.24. The van der Waals surface area contributed by atoms with E-state index >= 15 is 0 Å². The van der Waals surface area contributed by atoms with E-state index in [1.165, 1.54) is 12.1 Å². The standard InChI is InChI=1S/C18H22N6O/c1-25-14-10-15(18-21-20-17-6-3-8-24(17)18)22(12-14)11-13-4-2-5-16-19-7-9-23(13)16/h2,4-5,7,9,14-15H,3,6,8,10-12H2,1H3/t14-,15+/m1/s1. The fourth-order valence-corrected chi connectivity index (χ4v) is 4.24. The molecule has 130 valence electrons. The number of rotatable bonds is 4. The number of aromatic nitrogens is 5. The predicted octanol–water partition coefficient (Wildman–Crippen LogP) is 1.83. The van der Waals surface area contributed by atoms with E-state index in [4.69, 9.17) is 4.74 Å². The van der Waals surface area contributed by atoms with Gasteiger partial charge in [-0.3, -0.25) is 4.90 Å². The van der Waals surface area contributed by atoms with Crippen molar-refractivity contribution in [2.24, 2.45) is 0 Å². The van der Waals surface area contributed by atoms with Crippen LogP contribution in [0.1, 0.15) is 36.2 Å². The van der Waals surface area contributed by atoms with Crippen molar-refractivity contribution in [2.45, 2.75) is 44.5 Å². The number of imidazole rings is 1. The van der Waals surface area contributed by atoms with E-state index in [1.807, 2.05) is 18.5 Å².